The summed E-state index contributed by atoms with van der Waals surface area (Å²) in [5.41, 5.74) is 0. The number of aliphatic hydroxyl groups excluding tert-OH is 1. The zero-order valence-electron chi connectivity index (χ0n) is 12.9. The monoisotopic (exact) mass is 394 g/mol. The van der Waals surface area contributed by atoms with E-state index in [1.807, 2.05) is 4.90 Å². The van der Waals surface area contributed by atoms with Gasteiger partial charge in [-0.1, -0.05) is 23.7 Å². The molecule has 0 spiro atoms. The van der Waals surface area contributed by atoms with Gasteiger partial charge in [-0.25, -0.2) is 16.8 Å². The Kier molecular flexibility index (Phi) is 4.93. The van der Waals surface area contributed by atoms with Crippen molar-refractivity contribution in [1.29, 1.82) is 0 Å². The number of piperazine rings is 1. The lowest BCUT2D eigenvalue weighted by Crippen LogP contribution is -2.54. The number of nitrogens with zero attached hydrogens (tertiary/aromatic N) is 2. The third-order valence-corrected chi connectivity index (χ3v) is 8.59. The predicted octanol–water partition coefficient (Wildman–Crippen LogP) is -0.196. The Morgan fingerprint density at radius 2 is 1.71 bits per heavy atom. The summed E-state index contributed by atoms with van der Waals surface area (Å²) in [6.07, 6.45) is -0.915. The van der Waals surface area contributed by atoms with E-state index in [-0.39, 0.29) is 34.5 Å². The van der Waals surface area contributed by atoms with Crippen LogP contribution in [0.1, 0.15) is 0 Å². The molecule has 0 amide bonds. The first-order chi connectivity index (χ1) is 11.2. The van der Waals surface area contributed by atoms with Crippen molar-refractivity contribution < 1.29 is 21.9 Å². The van der Waals surface area contributed by atoms with Gasteiger partial charge in [0.05, 0.1) is 28.7 Å². The third kappa shape index (κ3) is 3.47. The van der Waals surface area contributed by atoms with Gasteiger partial charge in [0.25, 0.3) is 0 Å². The summed E-state index contributed by atoms with van der Waals surface area (Å²) in [7, 11) is -6.91. The van der Waals surface area contributed by atoms with Crippen molar-refractivity contribution in [3.05, 3.63) is 29.3 Å². The minimum Gasteiger partial charge on any atom is -0.390 e. The van der Waals surface area contributed by atoms with Crippen molar-refractivity contribution in [3.8, 4) is 0 Å². The highest BCUT2D eigenvalue weighted by atomic mass is 35.5. The molecule has 1 aromatic carbocycles. The van der Waals surface area contributed by atoms with Crippen molar-refractivity contribution in [3.63, 3.8) is 0 Å². The zero-order chi connectivity index (χ0) is 17.5. The van der Waals surface area contributed by atoms with Crippen molar-refractivity contribution in [2.75, 3.05) is 37.7 Å². The number of benzene rings is 1. The minimum absolute atomic E-state index is 0.0728. The van der Waals surface area contributed by atoms with E-state index in [1.165, 1.54) is 16.4 Å². The topological polar surface area (TPSA) is 95.0 Å². The number of sulfone groups is 1. The van der Waals surface area contributed by atoms with Crippen LogP contribution in [0.15, 0.2) is 29.2 Å². The van der Waals surface area contributed by atoms with E-state index in [9.17, 15) is 21.9 Å². The first-order valence-corrected chi connectivity index (χ1v) is 11.2. The van der Waals surface area contributed by atoms with Crippen LogP contribution in [0.2, 0.25) is 5.02 Å². The van der Waals surface area contributed by atoms with Crippen LogP contribution in [0, 0.1) is 0 Å². The van der Waals surface area contributed by atoms with Crippen LogP contribution in [0.3, 0.4) is 0 Å². The van der Waals surface area contributed by atoms with Crippen LogP contribution < -0.4 is 0 Å². The summed E-state index contributed by atoms with van der Waals surface area (Å²) < 4.78 is 50.0. The van der Waals surface area contributed by atoms with Crippen LogP contribution in [0.5, 0.6) is 0 Å². The summed E-state index contributed by atoms with van der Waals surface area (Å²) in [5.74, 6) is -0.304. The van der Waals surface area contributed by atoms with Crippen LogP contribution in [-0.4, -0.2) is 81.0 Å². The van der Waals surface area contributed by atoms with Gasteiger partial charge in [0.1, 0.15) is 4.90 Å². The molecule has 10 heteroatoms. The van der Waals surface area contributed by atoms with Gasteiger partial charge >= 0.3 is 0 Å². The molecule has 134 valence electrons. The average Bonchev–Trinajstić information content (AvgIpc) is 2.80. The summed E-state index contributed by atoms with van der Waals surface area (Å²) in [5, 5.41) is 10.1. The van der Waals surface area contributed by atoms with E-state index >= 15 is 0 Å². The Bertz CT molecular complexity index is 819. The van der Waals surface area contributed by atoms with Gasteiger partial charge in [-0.05, 0) is 12.1 Å². The highest BCUT2D eigenvalue weighted by Gasteiger charge is 2.41. The molecule has 0 aromatic heterocycles. The molecule has 24 heavy (non-hydrogen) atoms. The average molecular weight is 395 g/mol. The molecule has 0 bridgehead atoms. The van der Waals surface area contributed by atoms with Crippen LogP contribution >= 0.6 is 11.6 Å². The molecule has 3 rings (SSSR count). The Hall–Kier alpha value is -0.710. The minimum atomic E-state index is -3.68. The fraction of sp³-hybridized carbons (Fsp3) is 0.571. The fourth-order valence-corrected chi connectivity index (χ4v) is 6.98. The van der Waals surface area contributed by atoms with E-state index in [0.29, 0.717) is 13.1 Å². The number of hydrogen-bond acceptors (Lipinski definition) is 6. The van der Waals surface area contributed by atoms with Crippen molar-refractivity contribution in [2.24, 2.45) is 0 Å². The first kappa shape index (κ1) is 18.1. The zero-order valence-corrected chi connectivity index (χ0v) is 15.3. The molecule has 2 heterocycles. The Morgan fingerprint density at radius 1 is 1.08 bits per heavy atom. The molecule has 0 radical (unpaired) electrons. The van der Waals surface area contributed by atoms with Gasteiger partial charge in [0, 0.05) is 26.2 Å². The summed E-state index contributed by atoms with van der Waals surface area (Å²) in [6, 6.07) is 5.83. The highest BCUT2D eigenvalue weighted by Crippen LogP contribution is 2.26. The standard InChI is InChI=1S/C14H19ClN2O5S2/c15-11-3-1-2-4-14(11)24(21,22)17-7-5-16(6-8-17)12-9-23(19,20)10-13(12)18/h1-4,12-13,18H,5-10H2/t12-,13-/m1/s1. The van der Waals surface area contributed by atoms with E-state index in [1.54, 1.807) is 12.1 Å². The molecule has 7 nitrogen and oxygen atoms in total. The van der Waals surface area contributed by atoms with E-state index in [2.05, 4.69) is 0 Å². The Labute approximate surface area is 146 Å². The molecule has 2 fully saturated rings. The van der Waals surface area contributed by atoms with E-state index < -0.39 is 32.0 Å². The quantitative estimate of drug-likeness (QED) is 0.763. The summed E-state index contributed by atoms with van der Waals surface area (Å²) in [6.45, 7) is 1.22. The number of rotatable bonds is 3. The Morgan fingerprint density at radius 3 is 2.25 bits per heavy atom. The third-order valence-electron chi connectivity index (χ3n) is 4.49. The molecule has 2 aliphatic rings. The highest BCUT2D eigenvalue weighted by molar-refractivity contribution is 7.91. The maximum absolute atomic E-state index is 12.7. The molecule has 1 N–H and O–H groups in total. The first-order valence-electron chi connectivity index (χ1n) is 7.58. The molecule has 2 atom stereocenters. The second kappa shape index (κ2) is 6.54. The van der Waals surface area contributed by atoms with E-state index in [4.69, 9.17) is 11.6 Å². The molecule has 2 aliphatic heterocycles. The number of hydrogen-bond donors (Lipinski definition) is 1. The maximum Gasteiger partial charge on any atom is 0.244 e. The molecule has 2 saturated heterocycles. The fourth-order valence-electron chi connectivity index (χ4n) is 3.23. The van der Waals surface area contributed by atoms with Crippen molar-refractivity contribution in [1.82, 2.24) is 9.21 Å². The molecule has 0 aliphatic carbocycles. The number of sulfonamides is 1. The molecule has 1 aromatic rings. The predicted molar refractivity (Wildman–Crippen MR) is 90.2 cm³/mol. The van der Waals surface area contributed by atoms with E-state index in [0.717, 1.165) is 0 Å². The lowest BCUT2D eigenvalue weighted by atomic mass is 10.1. The summed E-state index contributed by atoms with van der Waals surface area (Å²) in [4.78, 5) is 1.93. The normalized spacial score (nSPS) is 28.9. The number of aliphatic hydroxyl groups is 1. The molecule has 0 saturated carbocycles. The van der Waals surface area contributed by atoms with Crippen LogP contribution in [-0.2, 0) is 19.9 Å². The number of halogens is 1. The lowest BCUT2D eigenvalue weighted by Gasteiger charge is -2.37. The summed E-state index contributed by atoms with van der Waals surface area (Å²) >= 11 is 5.99. The SMILES string of the molecule is O=S1(=O)C[C@@H](O)[C@H](N2CCN(S(=O)(=O)c3ccccc3Cl)CC2)C1. The lowest BCUT2D eigenvalue weighted by molar-refractivity contribution is 0.0618. The molecular weight excluding hydrogens is 376 g/mol. The van der Waals surface area contributed by atoms with Crippen molar-refractivity contribution in [2.45, 2.75) is 17.0 Å². The molecular formula is C14H19ClN2O5S2. The molecule has 0 unspecified atom stereocenters. The van der Waals surface area contributed by atoms with Gasteiger partial charge in [0.2, 0.25) is 10.0 Å². The van der Waals surface area contributed by atoms with Gasteiger partial charge in [0.15, 0.2) is 9.84 Å². The van der Waals surface area contributed by atoms with Gasteiger partial charge in [-0.2, -0.15) is 4.31 Å². The largest absolute Gasteiger partial charge is 0.390 e. The van der Waals surface area contributed by atoms with Gasteiger partial charge in [-0.3, -0.25) is 4.90 Å². The van der Waals surface area contributed by atoms with Gasteiger partial charge < -0.3 is 5.11 Å². The second-order valence-corrected chi connectivity index (χ2v) is 10.5. The smallest absolute Gasteiger partial charge is 0.244 e. The van der Waals surface area contributed by atoms with Crippen LogP contribution in [0.25, 0.3) is 0 Å². The van der Waals surface area contributed by atoms with Crippen molar-refractivity contribution >= 4 is 31.5 Å². The maximum atomic E-state index is 12.7. The Balaban J connectivity index is 1.70. The van der Waals surface area contributed by atoms with Gasteiger partial charge in [-0.15, -0.1) is 0 Å². The second-order valence-electron chi connectivity index (χ2n) is 6.08. The van der Waals surface area contributed by atoms with Crippen LogP contribution in [0.4, 0.5) is 0 Å².